The second-order valence-corrected chi connectivity index (χ2v) is 5.53. The molecule has 4 heteroatoms. The van der Waals surface area contributed by atoms with Crippen LogP contribution in [0.25, 0.3) is 0 Å². The molecule has 0 unspecified atom stereocenters. The summed E-state index contributed by atoms with van der Waals surface area (Å²) in [5.74, 6) is -0.414. The van der Waals surface area contributed by atoms with E-state index < -0.39 is 0 Å². The molecule has 2 rings (SSSR count). The Labute approximate surface area is 130 Å². The highest BCUT2D eigenvalue weighted by atomic mass is 16.2. The summed E-state index contributed by atoms with van der Waals surface area (Å²) in [6.45, 7) is 5.78. The van der Waals surface area contributed by atoms with Crippen molar-refractivity contribution in [1.82, 2.24) is 5.32 Å². The van der Waals surface area contributed by atoms with Crippen LogP contribution >= 0.6 is 0 Å². The van der Waals surface area contributed by atoms with Crippen LogP contribution in [0, 0.1) is 6.92 Å². The van der Waals surface area contributed by atoms with E-state index in [2.05, 4.69) is 10.6 Å². The molecule has 2 aromatic carbocycles. The predicted molar refractivity (Wildman–Crippen MR) is 88.2 cm³/mol. The smallest absolute Gasteiger partial charge is 0.255 e. The first-order valence-corrected chi connectivity index (χ1v) is 7.24. The minimum Gasteiger partial charge on any atom is -0.350 e. The van der Waals surface area contributed by atoms with Gasteiger partial charge in [0.2, 0.25) is 0 Å². The van der Waals surface area contributed by atoms with Gasteiger partial charge >= 0.3 is 0 Å². The second-order valence-electron chi connectivity index (χ2n) is 5.53. The van der Waals surface area contributed by atoms with Crippen LogP contribution in [-0.2, 0) is 0 Å². The Morgan fingerprint density at radius 1 is 0.909 bits per heavy atom. The standard InChI is InChI=1S/C18H20N2O2/c1-12(2)19-17(21)14-5-4-6-15(11-14)18(22)20-16-9-7-13(3)8-10-16/h4-12H,1-3H3,(H,19,21)(H,20,22). The van der Waals surface area contributed by atoms with Gasteiger partial charge in [-0.3, -0.25) is 9.59 Å². The first-order chi connectivity index (χ1) is 10.5. The molecular formula is C18H20N2O2. The maximum absolute atomic E-state index is 12.3. The Balaban J connectivity index is 2.13. The minimum atomic E-state index is -0.233. The molecule has 0 saturated heterocycles. The van der Waals surface area contributed by atoms with E-state index in [-0.39, 0.29) is 17.9 Å². The number of aryl methyl sites for hydroxylation is 1. The van der Waals surface area contributed by atoms with Crippen LogP contribution in [-0.4, -0.2) is 17.9 Å². The Hall–Kier alpha value is -2.62. The number of rotatable bonds is 4. The topological polar surface area (TPSA) is 58.2 Å². The van der Waals surface area contributed by atoms with Crippen LogP contribution in [0.2, 0.25) is 0 Å². The Morgan fingerprint density at radius 2 is 1.50 bits per heavy atom. The SMILES string of the molecule is Cc1ccc(NC(=O)c2cccc(C(=O)NC(C)C)c2)cc1. The van der Waals surface area contributed by atoms with Gasteiger partial charge in [-0.05, 0) is 51.1 Å². The third kappa shape index (κ3) is 4.19. The second kappa shape index (κ2) is 6.89. The average molecular weight is 296 g/mol. The summed E-state index contributed by atoms with van der Waals surface area (Å²) in [6.07, 6.45) is 0. The van der Waals surface area contributed by atoms with Gasteiger partial charge in [0.1, 0.15) is 0 Å². The summed E-state index contributed by atoms with van der Waals surface area (Å²) in [5, 5.41) is 5.63. The summed E-state index contributed by atoms with van der Waals surface area (Å²) >= 11 is 0. The zero-order chi connectivity index (χ0) is 16.1. The van der Waals surface area contributed by atoms with Gasteiger partial charge in [-0.1, -0.05) is 23.8 Å². The normalized spacial score (nSPS) is 10.4. The zero-order valence-electron chi connectivity index (χ0n) is 13.0. The van der Waals surface area contributed by atoms with E-state index in [1.165, 1.54) is 0 Å². The van der Waals surface area contributed by atoms with Crippen LogP contribution < -0.4 is 10.6 Å². The van der Waals surface area contributed by atoms with Crippen LogP contribution in [0.4, 0.5) is 5.69 Å². The first-order valence-electron chi connectivity index (χ1n) is 7.24. The lowest BCUT2D eigenvalue weighted by molar-refractivity contribution is 0.0943. The maximum Gasteiger partial charge on any atom is 0.255 e. The molecule has 0 fully saturated rings. The van der Waals surface area contributed by atoms with Crippen molar-refractivity contribution >= 4 is 17.5 Å². The van der Waals surface area contributed by atoms with Gasteiger partial charge in [0.05, 0.1) is 0 Å². The number of carbonyl (C=O) groups excluding carboxylic acids is 2. The quantitative estimate of drug-likeness (QED) is 0.908. The van der Waals surface area contributed by atoms with Crippen LogP contribution in [0.5, 0.6) is 0 Å². The third-order valence-electron chi connectivity index (χ3n) is 3.12. The van der Waals surface area contributed by atoms with Crippen molar-refractivity contribution < 1.29 is 9.59 Å². The molecule has 2 amide bonds. The molecule has 0 aliphatic heterocycles. The summed E-state index contributed by atoms with van der Waals surface area (Å²) in [5.41, 5.74) is 2.79. The molecule has 0 saturated carbocycles. The lowest BCUT2D eigenvalue weighted by Crippen LogP contribution is -2.30. The fourth-order valence-electron chi connectivity index (χ4n) is 1.99. The molecule has 0 aromatic heterocycles. The molecule has 0 heterocycles. The van der Waals surface area contributed by atoms with Gasteiger partial charge in [0.25, 0.3) is 11.8 Å². The largest absolute Gasteiger partial charge is 0.350 e. The van der Waals surface area contributed by atoms with Gasteiger partial charge in [0.15, 0.2) is 0 Å². The van der Waals surface area contributed by atoms with E-state index >= 15 is 0 Å². The molecule has 22 heavy (non-hydrogen) atoms. The van der Waals surface area contributed by atoms with Crippen LogP contribution in [0.3, 0.4) is 0 Å². The van der Waals surface area contributed by atoms with Crippen molar-refractivity contribution in [3.63, 3.8) is 0 Å². The molecule has 2 aromatic rings. The number of carbonyl (C=O) groups is 2. The average Bonchev–Trinajstić information content (AvgIpc) is 2.49. The molecule has 0 atom stereocenters. The number of amides is 2. The van der Waals surface area contributed by atoms with Gasteiger partial charge < -0.3 is 10.6 Å². The van der Waals surface area contributed by atoms with E-state index in [1.54, 1.807) is 24.3 Å². The molecule has 2 N–H and O–H groups in total. The number of benzene rings is 2. The lowest BCUT2D eigenvalue weighted by Gasteiger charge is -2.10. The number of hydrogen-bond acceptors (Lipinski definition) is 2. The molecule has 4 nitrogen and oxygen atoms in total. The Morgan fingerprint density at radius 3 is 2.09 bits per heavy atom. The molecule has 0 radical (unpaired) electrons. The van der Waals surface area contributed by atoms with Crippen LogP contribution in [0.15, 0.2) is 48.5 Å². The molecule has 0 aliphatic rings. The number of hydrogen-bond donors (Lipinski definition) is 2. The fraction of sp³-hybridized carbons (Fsp3) is 0.222. The number of anilines is 1. The van der Waals surface area contributed by atoms with Crippen LogP contribution in [0.1, 0.15) is 40.1 Å². The van der Waals surface area contributed by atoms with Gasteiger partial charge in [0, 0.05) is 22.9 Å². The highest BCUT2D eigenvalue weighted by Gasteiger charge is 2.11. The van der Waals surface area contributed by atoms with Gasteiger partial charge in [-0.2, -0.15) is 0 Å². The molecule has 114 valence electrons. The van der Waals surface area contributed by atoms with Crippen molar-refractivity contribution in [2.45, 2.75) is 26.8 Å². The van der Waals surface area contributed by atoms with Gasteiger partial charge in [-0.25, -0.2) is 0 Å². The van der Waals surface area contributed by atoms with Crippen molar-refractivity contribution in [3.8, 4) is 0 Å². The molecular weight excluding hydrogens is 276 g/mol. The summed E-state index contributed by atoms with van der Waals surface area (Å²) in [6, 6.07) is 14.3. The summed E-state index contributed by atoms with van der Waals surface area (Å²) in [7, 11) is 0. The molecule has 0 bridgehead atoms. The van der Waals surface area contributed by atoms with Crippen molar-refractivity contribution in [2.24, 2.45) is 0 Å². The van der Waals surface area contributed by atoms with E-state index in [4.69, 9.17) is 0 Å². The monoisotopic (exact) mass is 296 g/mol. The summed E-state index contributed by atoms with van der Waals surface area (Å²) < 4.78 is 0. The zero-order valence-corrected chi connectivity index (χ0v) is 13.0. The Bertz CT molecular complexity index is 676. The predicted octanol–water partition coefficient (Wildman–Crippen LogP) is 3.39. The lowest BCUT2D eigenvalue weighted by atomic mass is 10.1. The third-order valence-corrected chi connectivity index (χ3v) is 3.12. The fourth-order valence-corrected chi connectivity index (χ4v) is 1.99. The van der Waals surface area contributed by atoms with Gasteiger partial charge in [-0.15, -0.1) is 0 Å². The minimum absolute atomic E-state index is 0.0533. The number of nitrogens with one attached hydrogen (secondary N) is 2. The van der Waals surface area contributed by atoms with Crippen molar-refractivity contribution in [1.29, 1.82) is 0 Å². The summed E-state index contributed by atoms with van der Waals surface area (Å²) in [4.78, 5) is 24.2. The van der Waals surface area contributed by atoms with Crippen molar-refractivity contribution in [2.75, 3.05) is 5.32 Å². The van der Waals surface area contributed by atoms with E-state index in [9.17, 15) is 9.59 Å². The van der Waals surface area contributed by atoms with E-state index in [0.29, 0.717) is 11.1 Å². The molecule has 0 spiro atoms. The van der Waals surface area contributed by atoms with E-state index in [1.807, 2.05) is 45.0 Å². The highest BCUT2D eigenvalue weighted by molar-refractivity contribution is 6.06. The van der Waals surface area contributed by atoms with Crippen molar-refractivity contribution in [3.05, 3.63) is 65.2 Å². The highest BCUT2D eigenvalue weighted by Crippen LogP contribution is 2.12. The first kappa shape index (κ1) is 15.8. The Kier molecular flexibility index (Phi) is 4.94. The maximum atomic E-state index is 12.3. The molecule has 0 aliphatic carbocycles. The van der Waals surface area contributed by atoms with E-state index in [0.717, 1.165) is 11.3 Å².